The van der Waals surface area contributed by atoms with Gasteiger partial charge in [-0.15, -0.1) is 0 Å². The topological polar surface area (TPSA) is 26.0 Å². The van der Waals surface area contributed by atoms with Crippen LogP contribution in [0.3, 0.4) is 0 Å². The molecule has 0 radical (unpaired) electrons. The number of benzene rings is 1. The summed E-state index contributed by atoms with van der Waals surface area (Å²) in [5, 5.41) is 0. The van der Waals surface area contributed by atoms with Gasteiger partial charge in [0.1, 0.15) is 0 Å². The molecule has 1 aromatic rings. The maximum atomic E-state index is 6.42. The molecule has 2 N–H and O–H groups in total. The van der Waals surface area contributed by atoms with E-state index in [9.17, 15) is 0 Å². The highest BCUT2D eigenvalue weighted by atomic mass is 14.8. The zero-order valence-electron chi connectivity index (χ0n) is 10.2. The van der Waals surface area contributed by atoms with Crippen molar-refractivity contribution in [3.63, 3.8) is 0 Å². The van der Waals surface area contributed by atoms with Gasteiger partial charge in [-0.25, -0.2) is 0 Å². The molecule has 1 saturated carbocycles. The highest BCUT2D eigenvalue weighted by Gasteiger charge is 2.47. The minimum atomic E-state index is -0.0675. The zero-order chi connectivity index (χ0) is 11.3. The smallest absolute Gasteiger partial charge is 0.0420 e. The average Bonchev–Trinajstić information content (AvgIpc) is 2.06. The Hall–Kier alpha value is -0.820. The number of nitrogens with two attached hydrogens (primary N) is 1. The molecule has 1 fully saturated rings. The van der Waals surface area contributed by atoms with Crippen LogP contribution in [0, 0.1) is 19.3 Å². The molecular formula is C14H21N. The van der Waals surface area contributed by atoms with Gasteiger partial charge in [-0.1, -0.05) is 32.0 Å². The van der Waals surface area contributed by atoms with Crippen LogP contribution in [0.2, 0.25) is 0 Å². The van der Waals surface area contributed by atoms with Crippen LogP contribution >= 0.6 is 0 Å². The van der Waals surface area contributed by atoms with Crippen molar-refractivity contribution >= 4 is 0 Å². The molecule has 0 atom stereocenters. The van der Waals surface area contributed by atoms with Gasteiger partial charge in [0.2, 0.25) is 0 Å². The number of hydrogen-bond acceptors (Lipinski definition) is 1. The quantitative estimate of drug-likeness (QED) is 0.744. The Balaban J connectivity index is 2.28. The van der Waals surface area contributed by atoms with E-state index in [0.29, 0.717) is 5.41 Å². The third kappa shape index (κ3) is 1.81. The summed E-state index contributed by atoms with van der Waals surface area (Å²) in [6, 6.07) is 6.63. The molecule has 2 rings (SSSR count). The molecule has 0 amide bonds. The predicted molar refractivity (Wildman–Crippen MR) is 64.8 cm³/mol. The molecule has 1 aliphatic rings. The maximum absolute atomic E-state index is 6.42. The van der Waals surface area contributed by atoms with E-state index in [1.165, 1.54) is 16.7 Å². The van der Waals surface area contributed by atoms with E-state index in [2.05, 4.69) is 45.9 Å². The summed E-state index contributed by atoms with van der Waals surface area (Å²) in [7, 11) is 0. The molecule has 82 valence electrons. The third-order valence-electron chi connectivity index (χ3n) is 3.67. The first-order valence-corrected chi connectivity index (χ1v) is 5.69. The third-order valence-corrected chi connectivity index (χ3v) is 3.67. The van der Waals surface area contributed by atoms with Crippen LogP contribution in [-0.4, -0.2) is 0 Å². The molecule has 0 saturated heterocycles. The lowest BCUT2D eigenvalue weighted by Gasteiger charge is -2.51. The number of hydrogen-bond donors (Lipinski definition) is 1. The molecule has 0 unspecified atom stereocenters. The molecule has 1 heteroatoms. The van der Waals surface area contributed by atoms with E-state index in [0.717, 1.165) is 12.8 Å². The van der Waals surface area contributed by atoms with E-state index < -0.39 is 0 Å². The van der Waals surface area contributed by atoms with Crippen LogP contribution in [0.4, 0.5) is 0 Å². The van der Waals surface area contributed by atoms with Gasteiger partial charge in [0.25, 0.3) is 0 Å². The van der Waals surface area contributed by atoms with Crippen molar-refractivity contribution in [3.8, 4) is 0 Å². The van der Waals surface area contributed by atoms with Gasteiger partial charge in [-0.05, 0) is 48.8 Å². The molecule has 15 heavy (non-hydrogen) atoms. The molecule has 0 heterocycles. The second-order valence-corrected chi connectivity index (χ2v) is 5.97. The first-order valence-electron chi connectivity index (χ1n) is 5.69. The van der Waals surface area contributed by atoms with Gasteiger partial charge >= 0.3 is 0 Å². The molecule has 0 bridgehead atoms. The summed E-state index contributed by atoms with van der Waals surface area (Å²) in [6.45, 7) is 8.89. The standard InChI is InChI=1S/C14H21N/c1-10-5-6-12(7-11(10)2)14(15)8-13(3,4)9-14/h5-7H,8-9,15H2,1-4H3. The van der Waals surface area contributed by atoms with Crippen LogP contribution in [0.1, 0.15) is 43.4 Å². The predicted octanol–water partition coefficient (Wildman–Crippen LogP) is 3.28. The first-order chi connectivity index (χ1) is 6.82. The first kappa shape index (κ1) is 10.7. The Labute approximate surface area is 92.7 Å². The fourth-order valence-electron chi connectivity index (χ4n) is 2.91. The molecule has 0 aliphatic heterocycles. The van der Waals surface area contributed by atoms with Crippen molar-refractivity contribution in [2.45, 2.75) is 46.1 Å². The molecular weight excluding hydrogens is 182 g/mol. The van der Waals surface area contributed by atoms with Crippen molar-refractivity contribution in [2.24, 2.45) is 11.1 Å². The van der Waals surface area contributed by atoms with Gasteiger partial charge in [-0.3, -0.25) is 0 Å². The second kappa shape index (κ2) is 3.08. The minimum Gasteiger partial charge on any atom is -0.321 e. The largest absolute Gasteiger partial charge is 0.321 e. The van der Waals surface area contributed by atoms with Gasteiger partial charge in [-0.2, -0.15) is 0 Å². The van der Waals surface area contributed by atoms with Crippen molar-refractivity contribution < 1.29 is 0 Å². The lowest BCUT2D eigenvalue weighted by molar-refractivity contribution is 0.0618. The lowest BCUT2D eigenvalue weighted by atomic mass is 9.57. The molecule has 1 aromatic carbocycles. The minimum absolute atomic E-state index is 0.0675. The van der Waals surface area contributed by atoms with Crippen molar-refractivity contribution in [2.75, 3.05) is 0 Å². The summed E-state index contributed by atoms with van der Waals surface area (Å²) in [5.74, 6) is 0. The fourth-order valence-corrected chi connectivity index (χ4v) is 2.91. The second-order valence-electron chi connectivity index (χ2n) is 5.97. The molecule has 0 spiro atoms. The lowest BCUT2D eigenvalue weighted by Crippen LogP contribution is -2.53. The Bertz CT molecular complexity index is 382. The normalized spacial score (nSPS) is 22.2. The summed E-state index contributed by atoms with van der Waals surface area (Å²) in [4.78, 5) is 0. The van der Waals surface area contributed by atoms with Crippen molar-refractivity contribution in [3.05, 3.63) is 34.9 Å². The van der Waals surface area contributed by atoms with Crippen LogP contribution in [0.25, 0.3) is 0 Å². The maximum Gasteiger partial charge on any atom is 0.0420 e. The Morgan fingerprint density at radius 2 is 1.67 bits per heavy atom. The van der Waals surface area contributed by atoms with E-state index in [-0.39, 0.29) is 5.54 Å². The van der Waals surface area contributed by atoms with Gasteiger partial charge in [0.15, 0.2) is 0 Å². The summed E-state index contributed by atoms with van der Waals surface area (Å²) in [6.07, 6.45) is 2.20. The number of rotatable bonds is 1. The van der Waals surface area contributed by atoms with Crippen molar-refractivity contribution in [1.82, 2.24) is 0 Å². The summed E-state index contributed by atoms with van der Waals surface area (Å²) < 4.78 is 0. The van der Waals surface area contributed by atoms with Crippen LogP contribution < -0.4 is 5.73 Å². The SMILES string of the molecule is Cc1ccc(C2(N)CC(C)(C)C2)cc1C. The zero-order valence-corrected chi connectivity index (χ0v) is 10.2. The van der Waals surface area contributed by atoms with Gasteiger partial charge < -0.3 is 5.73 Å². The van der Waals surface area contributed by atoms with E-state index in [1.54, 1.807) is 0 Å². The Morgan fingerprint density at radius 3 is 2.13 bits per heavy atom. The van der Waals surface area contributed by atoms with E-state index in [4.69, 9.17) is 5.73 Å². The average molecular weight is 203 g/mol. The molecule has 1 nitrogen and oxygen atoms in total. The van der Waals surface area contributed by atoms with Crippen molar-refractivity contribution in [1.29, 1.82) is 0 Å². The van der Waals surface area contributed by atoms with Gasteiger partial charge in [0, 0.05) is 5.54 Å². The highest BCUT2D eigenvalue weighted by Crippen LogP contribution is 2.51. The fraction of sp³-hybridized carbons (Fsp3) is 0.571. The summed E-state index contributed by atoms with van der Waals surface area (Å²) in [5.41, 5.74) is 10.8. The van der Waals surface area contributed by atoms with E-state index in [1.807, 2.05) is 0 Å². The van der Waals surface area contributed by atoms with Crippen LogP contribution in [0.5, 0.6) is 0 Å². The highest BCUT2D eigenvalue weighted by molar-refractivity contribution is 5.36. The monoisotopic (exact) mass is 203 g/mol. The summed E-state index contributed by atoms with van der Waals surface area (Å²) >= 11 is 0. The van der Waals surface area contributed by atoms with Crippen LogP contribution in [-0.2, 0) is 5.54 Å². The molecule has 0 aromatic heterocycles. The Morgan fingerprint density at radius 1 is 1.07 bits per heavy atom. The van der Waals surface area contributed by atoms with E-state index >= 15 is 0 Å². The van der Waals surface area contributed by atoms with Crippen LogP contribution in [0.15, 0.2) is 18.2 Å². The number of aryl methyl sites for hydroxylation is 2. The Kier molecular flexibility index (Phi) is 2.20. The van der Waals surface area contributed by atoms with Gasteiger partial charge in [0.05, 0.1) is 0 Å². The molecule has 1 aliphatic carbocycles.